The summed E-state index contributed by atoms with van der Waals surface area (Å²) in [6.45, 7) is 9.13. The maximum Gasteiger partial charge on any atom is 0.129 e. The summed E-state index contributed by atoms with van der Waals surface area (Å²) in [6, 6.07) is 3.75. The summed E-state index contributed by atoms with van der Waals surface area (Å²) < 4.78 is 11.0. The number of pyridine rings is 1. The van der Waals surface area contributed by atoms with Crippen LogP contribution in [0, 0.1) is 5.92 Å². The predicted octanol–water partition coefficient (Wildman–Crippen LogP) is 2.56. The number of aromatic nitrogens is 1. The standard InChI is InChI=1S/C13H22N2O2/c1-4-14-13-9-12(5-6-15-13)17-8-7-16-10-11(2)3/h5-6,9,11H,4,7-8,10H2,1-3H3,(H,14,15). The third kappa shape index (κ3) is 6.12. The molecule has 0 fully saturated rings. The second-order valence-electron chi connectivity index (χ2n) is 4.22. The van der Waals surface area contributed by atoms with Crippen LogP contribution in [-0.2, 0) is 4.74 Å². The molecular weight excluding hydrogens is 216 g/mol. The largest absolute Gasteiger partial charge is 0.491 e. The van der Waals surface area contributed by atoms with Crippen LogP contribution in [0.2, 0.25) is 0 Å². The van der Waals surface area contributed by atoms with Crippen LogP contribution in [0.3, 0.4) is 0 Å². The Morgan fingerprint density at radius 2 is 2.18 bits per heavy atom. The van der Waals surface area contributed by atoms with Gasteiger partial charge in [0, 0.05) is 25.4 Å². The quantitative estimate of drug-likeness (QED) is 0.707. The molecule has 1 aromatic rings. The Bertz CT molecular complexity index is 316. The monoisotopic (exact) mass is 238 g/mol. The molecule has 0 aromatic carbocycles. The van der Waals surface area contributed by atoms with Crippen molar-refractivity contribution in [2.24, 2.45) is 5.92 Å². The van der Waals surface area contributed by atoms with Crippen LogP contribution in [0.1, 0.15) is 20.8 Å². The topological polar surface area (TPSA) is 43.4 Å². The van der Waals surface area contributed by atoms with Gasteiger partial charge in [-0.25, -0.2) is 4.98 Å². The summed E-state index contributed by atoms with van der Waals surface area (Å²) in [7, 11) is 0. The van der Waals surface area contributed by atoms with E-state index in [2.05, 4.69) is 24.1 Å². The van der Waals surface area contributed by atoms with Crippen molar-refractivity contribution in [1.29, 1.82) is 0 Å². The zero-order chi connectivity index (χ0) is 12.5. The van der Waals surface area contributed by atoms with Crippen molar-refractivity contribution in [3.05, 3.63) is 18.3 Å². The molecule has 0 aliphatic rings. The second-order valence-corrected chi connectivity index (χ2v) is 4.22. The number of hydrogen-bond donors (Lipinski definition) is 1. The first-order chi connectivity index (χ1) is 8.22. The molecule has 0 amide bonds. The highest BCUT2D eigenvalue weighted by molar-refractivity contribution is 5.40. The van der Waals surface area contributed by atoms with Crippen LogP contribution < -0.4 is 10.1 Å². The van der Waals surface area contributed by atoms with Crippen molar-refractivity contribution in [1.82, 2.24) is 4.98 Å². The maximum atomic E-state index is 5.57. The molecule has 0 saturated heterocycles. The third-order valence-corrected chi connectivity index (χ3v) is 2.04. The normalized spacial score (nSPS) is 10.6. The Hall–Kier alpha value is -1.29. The molecule has 0 unspecified atom stereocenters. The first-order valence-corrected chi connectivity index (χ1v) is 6.12. The predicted molar refractivity (Wildman–Crippen MR) is 69.6 cm³/mol. The lowest BCUT2D eigenvalue weighted by atomic mass is 10.2. The lowest BCUT2D eigenvalue weighted by Gasteiger charge is -2.09. The fraction of sp³-hybridized carbons (Fsp3) is 0.615. The molecular formula is C13H22N2O2. The number of nitrogens with one attached hydrogen (secondary N) is 1. The molecule has 96 valence electrons. The van der Waals surface area contributed by atoms with Crippen molar-refractivity contribution >= 4 is 5.82 Å². The Kier molecular flexibility index (Phi) is 6.40. The smallest absolute Gasteiger partial charge is 0.129 e. The van der Waals surface area contributed by atoms with Gasteiger partial charge in [0.05, 0.1) is 6.61 Å². The molecule has 4 heteroatoms. The minimum absolute atomic E-state index is 0.566. The zero-order valence-electron chi connectivity index (χ0n) is 10.9. The average Bonchev–Trinajstić information content (AvgIpc) is 2.29. The van der Waals surface area contributed by atoms with Crippen molar-refractivity contribution in [3.63, 3.8) is 0 Å². The lowest BCUT2D eigenvalue weighted by molar-refractivity contribution is 0.0819. The van der Waals surface area contributed by atoms with E-state index in [-0.39, 0.29) is 0 Å². The second kappa shape index (κ2) is 7.90. The molecule has 4 nitrogen and oxygen atoms in total. The highest BCUT2D eigenvalue weighted by Gasteiger charge is 1.98. The number of hydrogen-bond acceptors (Lipinski definition) is 4. The van der Waals surface area contributed by atoms with E-state index in [0.717, 1.165) is 24.7 Å². The zero-order valence-corrected chi connectivity index (χ0v) is 10.9. The first kappa shape index (κ1) is 13.8. The van der Waals surface area contributed by atoms with E-state index in [1.54, 1.807) is 6.20 Å². The molecule has 0 bridgehead atoms. The minimum Gasteiger partial charge on any atom is -0.491 e. The summed E-state index contributed by atoms with van der Waals surface area (Å²) in [5.74, 6) is 2.23. The summed E-state index contributed by atoms with van der Waals surface area (Å²) in [5, 5.41) is 3.14. The van der Waals surface area contributed by atoms with Gasteiger partial charge in [0.2, 0.25) is 0 Å². The maximum absolute atomic E-state index is 5.57. The summed E-state index contributed by atoms with van der Waals surface area (Å²) in [4.78, 5) is 4.17. The van der Waals surface area contributed by atoms with Gasteiger partial charge in [0.25, 0.3) is 0 Å². The molecule has 1 rings (SSSR count). The fourth-order valence-corrected chi connectivity index (χ4v) is 1.32. The van der Waals surface area contributed by atoms with Gasteiger partial charge >= 0.3 is 0 Å². The van der Waals surface area contributed by atoms with E-state index in [9.17, 15) is 0 Å². The summed E-state index contributed by atoms with van der Waals surface area (Å²) >= 11 is 0. The van der Waals surface area contributed by atoms with Gasteiger partial charge in [-0.1, -0.05) is 13.8 Å². The summed E-state index contributed by atoms with van der Waals surface area (Å²) in [6.07, 6.45) is 1.74. The molecule has 17 heavy (non-hydrogen) atoms. The number of rotatable bonds is 8. The first-order valence-electron chi connectivity index (χ1n) is 6.12. The van der Waals surface area contributed by atoms with E-state index in [4.69, 9.17) is 9.47 Å². The van der Waals surface area contributed by atoms with E-state index in [1.807, 2.05) is 19.1 Å². The van der Waals surface area contributed by atoms with Crippen LogP contribution in [0.15, 0.2) is 18.3 Å². The van der Waals surface area contributed by atoms with Gasteiger partial charge in [-0.3, -0.25) is 0 Å². The Morgan fingerprint density at radius 1 is 1.35 bits per heavy atom. The average molecular weight is 238 g/mol. The Morgan fingerprint density at radius 3 is 2.88 bits per heavy atom. The molecule has 0 atom stereocenters. The number of anilines is 1. The van der Waals surface area contributed by atoms with Gasteiger partial charge in [-0.2, -0.15) is 0 Å². The molecule has 0 aliphatic heterocycles. The SMILES string of the molecule is CCNc1cc(OCCOCC(C)C)ccn1. The van der Waals surface area contributed by atoms with Crippen molar-refractivity contribution in [2.45, 2.75) is 20.8 Å². The van der Waals surface area contributed by atoms with Crippen LogP contribution >= 0.6 is 0 Å². The Balaban J connectivity index is 2.24. The molecule has 0 radical (unpaired) electrons. The highest BCUT2D eigenvalue weighted by atomic mass is 16.5. The van der Waals surface area contributed by atoms with Gasteiger partial charge < -0.3 is 14.8 Å². The van der Waals surface area contributed by atoms with Gasteiger partial charge in [0.1, 0.15) is 18.2 Å². The van der Waals surface area contributed by atoms with E-state index in [1.165, 1.54) is 0 Å². The molecule has 0 saturated carbocycles. The van der Waals surface area contributed by atoms with Crippen LogP contribution in [-0.4, -0.2) is 31.3 Å². The highest BCUT2D eigenvalue weighted by Crippen LogP contribution is 2.13. The van der Waals surface area contributed by atoms with Crippen LogP contribution in [0.25, 0.3) is 0 Å². The van der Waals surface area contributed by atoms with Crippen LogP contribution in [0.5, 0.6) is 5.75 Å². The Labute approximate surface area is 103 Å². The van der Waals surface area contributed by atoms with Gasteiger partial charge in [-0.05, 0) is 18.9 Å². The van der Waals surface area contributed by atoms with E-state index >= 15 is 0 Å². The number of nitrogens with zero attached hydrogens (tertiary/aromatic N) is 1. The van der Waals surface area contributed by atoms with Gasteiger partial charge in [-0.15, -0.1) is 0 Å². The van der Waals surface area contributed by atoms with Crippen molar-refractivity contribution in [2.75, 3.05) is 31.7 Å². The van der Waals surface area contributed by atoms with Crippen molar-refractivity contribution in [3.8, 4) is 5.75 Å². The van der Waals surface area contributed by atoms with Crippen LogP contribution in [0.4, 0.5) is 5.82 Å². The van der Waals surface area contributed by atoms with Crippen molar-refractivity contribution < 1.29 is 9.47 Å². The lowest BCUT2D eigenvalue weighted by Crippen LogP contribution is -2.10. The fourth-order valence-electron chi connectivity index (χ4n) is 1.32. The third-order valence-electron chi connectivity index (χ3n) is 2.04. The molecule has 1 aromatic heterocycles. The molecule has 0 spiro atoms. The minimum atomic E-state index is 0.566. The van der Waals surface area contributed by atoms with Gasteiger partial charge in [0.15, 0.2) is 0 Å². The van der Waals surface area contributed by atoms with E-state index < -0.39 is 0 Å². The molecule has 1 heterocycles. The van der Waals surface area contributed by atoms with E-state index in [0.29, 0.717) is 19.1 Å². The number of ether oxygens (including phenoxy) is 2. The molecule has 1 N–H and O–H groups in total. The molecule has 0 aliphatic carbocycles. The summed E-state index contributed by atoms with van der Waals surface area (Å²) in [5.41, 5.74) is 0.